The van der Waals surface area contributed by atoms with Crippen LogP contribution in [0, 0.1) is 6.92 Å². The van der Waals surface area contributed by atoms with Gasteiger partial charge >= 0.3 is 0 Å². The van der Waals surface area contributed by atoms with E-state index >= 15 is 0 Å². The third kappa shape index (κ3) is 2.65. The van der Waals surface area contributed by atoms with Gasteiger partial charge in [-0.1, -0.05) is 0 Å². The minimum atomic E-state index is 0.134. The molecule has 1 aliphatic rings. The Morgan fingerprint density at radius 1 is 1.59 bits per heavy atom. The molecule has 0 bridgehead atoms. The fraction of sp³-hybridized carbons (Fsp3) is 0.636. The van der Waals surface area contributed by atoms with Crippen molar-refractivity contribution >= 4 is 5.95 Å². The summed E-state index contributed by atoms with van der Waals surface area (Å²) in [6.07, 6.45) is 0. The van der Waals surface area contributed by atoms with Gasteiger partial charge in [0.1, 0.15) is 0 Å². The Balaban J connectivity index is 2.27. The maximum absolute atomic E-state index is 5.73. The largest absolute Gasteiger partial charge is 0.481 e. The van der Waals surface area contributed by atoms with Gasteiger partial charge in [-0.2, -0.15) is 4.98 Å². The van der Waals surface area contributed by atoms with Gasteiger partial charge in [0.25, 0.3) is 0 Å². The van der Waals surface area contributed by atoms with Gasteiger partial charge in [0.2, 0.25) is 11.8 Å². The average Bonchev–Trinajstić information content (AvgIpc) is 2.37. The predicted molar refractivity (Wildman–Crippen MR) is 64.3 cm³/mol. The summed E-state index contributed by atoms with van der Waals surface area (Å²) in [5.74, 6) is 1.25. The van der Waals surface area contributed by atoms with E-state index in [1.165, 1.54) is 0 Å². The molecule has 2 rings (SSSR count). The molecule has 2 N–H and O–H groups in total. The number of aromatic nitrogens is 2. The molecule has 1 aromatic rings. The van der Waals surface area contributed by atoms with Crippen molar-refractivity contribution in [3.05, 3.63) is 11.8 Å². The van der Waals surface area contributed by atoms with Gasteiger partial charge in [0.05, 0.1) is 26.4 Å². The molecule has 1 aromatic heterocycles. The van der Waals surface area contributed by atoms with E-state index in [-0.39, 0.29) is 6.04 Å². The quantitative estimate of drug-likeness (QED) is 0.796. The van der Waals surface area contributed by atoms with Crippen LogP contribution in [0.15, 0.2) is 6.07 Å². The third-order valence-corrected chi connectivity index (χ3v) is 2.78. The molecule has 0 saturated carbocycles. The first-order chi connectivity index (χ1) is 8.24. The topological polar surface area (TPSA) is 73.5 Å². The molecule has 6 nitrogen and oxygen atoms in total. The van der Waals surface area contributed by atoms with Crippen LogP contribution in [0.25, 0.3) is 0 Å². The number of nitrogens with two attached hydrogens (primary N) is 1. The summed E-state index contributed by atoms with van der Waals surface area (Å²) in [6, 6.07) is 1.94. The highest BCUT2D eigenvalue weighted by Gasteiger charge is 2.24. The first-order valence-corrected chi connectivity index (χ1v) is 5.68. The predicted octanol–water partition coefficient (Wildman–Crippen LogP) is -0.0425. The Labute approximate surface area is 101 Å². The summed E-state index contributed by atoms with van der Waals surface area (Å²) in [5.41, 5.74) is 6.61. The van der Waals surface area contributed by atoms with Crippen molar-refractivity contribution in [2.45, 2.75) is 13.0 Å². The first kappa shape index (κ1) is 12.1. The lowest BCUT2D eigenvalue weighted by Crippen LogP contribution is -2.50. The highest BCUT2D eigenvalue weighted by molar-refractivity contribution is 5.36. The van der Waals surface area contributed by atoms with Gasteiger partial charge in [-0.05, 0) is 6.92 Å². The van der Waals surface area contributed by atoms with E-state index in [0.29, 0.717) is 31.6 Å². The van der Waals surface area contributed by atoms with Crippen LogP contribution in [0.2, 0.25) is 0 Å². The molecule has 1 aliphatic heterocycles. The molecule has 0 amide bonds. The molecule has 1 fully saturated rings. The SMILES string of the molecule is COc1cc(C)nc(N2CCOCC2CN)n1. The molecule has 2 heterocycles. The summed E-state index contributed by atoms with van der Waals surface area (Å²) in [7, 11) is 1.60. The maximum Gasteiger partial charge on any atom is 0.229 e. The van der Waals surface area contributed by atoms with Crippen molar-refractivity contribution in [3.8, 4) is 5.88 Å². The molecule has 1 unspecified atom stereocenters. The summed E-state index contributed by atoms with van der Waals surface area (Å²) >= 11 is 0. The van der Waals surface area contributed by atoms with Gasteiger partial charge in [-0.25, -0.2) is 4.98 Å². The molecule has 17 heavy (non-hydrogen) atoms. The van der Waals surface area contributed by atoms with Crippen LogP contribution in [0.1, 0.15) is 5.69 Å². The lowest BCUT2D eigenvalue weighted by Gasteiger charge is -2.34. The Bertz CT molecular complexity index is 386. The highest BCUT2D eigenvalue weighted by atomic mass is 16.5. The summed E-state index contributed by atoms with van der Waals surface area (Å²) in [6.45, 7) is 4.51. The van der Waals surface area contributed by atoms with Crippen molar-refractivity contribution in [1.82, 2.24) is 9.97 Å². The number of anilines is 1. The maximum atomic E-state index is 5.73. The second-order valence-corrected chi connectivity index (χ2v) is 4.01. The van der Waals surface area contributed by atoms with Crippen LogP contribution in [-0.4, -0.2) is 49.4 Å². The van der Waals surface area contributed by atoms with Crippen LogP contribution in [0.5, 0.6) is 5.88 Å². The van der Waals surface area contributed by atoms with E-state index in [4.69, 9.17) is 15.2 Å². The number of aryl methyl sites for hydroxylation is 1. The van der Waals surface area contributed by atoms with Crippen LogP contribution >= 0.6 is 0 Å². The van der Waals surface area contributed by atoms with E-state index in [9.17, 15) is 0 Å². The fourth-order valence-electron chi connectivity index (χ4n) is 1.87. The van der Waals surface area contributed by atoms with Crippen LogP contribution in [0.3, 0.4) is 0 Å². The molecular weight excluding hydrogens is 220 g/mol. The van der Waals surface area contributed by atoms with Crippen molar-refractivity contribution < 1.29 is 9.47 Å². The standard InChI is InChI=1S/C11H18N4O2/c1-8-5-10(16-2)14-11(13-8)15-3-4-17-7-9(15)6-12/h5,9H,3-4,6-7,12H2,1-2H3. The zero-order valence-electron chi connectivity index (χ0n) is 10.2. The second kappa shape index (κ2) is 5.29. The van der Waals surface area contributed by atoms with E-state index < -0.39 is 0 Å². The summed E-state index contributed by atoms with van der Waals surface area (Å²) in [4.78, 5) is 10.9. The van der Waals surface area contributed by atoms with E-state index in [1.807, 2.05) is 6.92 Å². The van der Waals surface area contributed by atoms with Gasteiger partial charge in [0, 0.05) is 24.8 Å². The van der Waals surface area contributed by atoms with Gasteiger partial charge < -0.3 is 20.1 Å². The monoisotopic (exact) mass is 238 g/mol. The number of nitrogens with zero attached hydrogens (tertiary/aromatic N) is 3. The third-order valence-electron chi connectivity index (χ3n) is 2.78. The number of hydrogen-bond acceptors (Lipinski definition) is 6. The lowest BCUT2D eigenvalue weighted by molar-refractivity contribution is 0.0953. The van der Waals surface area contributed by atoms with Crippen molar-refractivity contribution in [2.75, 3.05) is 38.3 Å². The van der Waals surface area contributed by atoms with Gasteiger partial charge in [0.15, 0.2) is 0 Å². The molecular formula is C11H18N4O2. The lowest BCUT2D eigenvalue weighted by atomic mass is 10.2. The second-order valence-electron chi connectivity index (χ2n) is 4.01. The zero-order valence-corrected chi connectivity index (χ0v) is 10.2. The molecule has 0 aliphatic carbocycles. The van der Waals surface area contributed by atoms with Crippen molar-refractivity contribution in [2.24, 2.45) is 5.73 Å². The van der Waals surface area contributed by atoms with Crippen molar-refractivity contribution in [1.29, 1.82) is 0 Å². The number of methoxy groups -OCH3 is 1. The Hall–Kier alpha value is -1.40. The Morgan fingerprint density at radius 3 is 3.12 bits per heavy atom. The number of ether oxygens (including phenoxy) is 2. The van der Waals surface area contributed by atoms with E-state index in [0.717, 1.165) is 12.2 Å². The van der Waals surface area contributed by atoms with E-state index in [2.05, 4.69) is 14.9 Å². The smallest absolute Gasteiger partial charge is 0.229 e. The molecule has 1 atom stereocenters. The van der Waals surface area contributed by atoms with Gasteiger partial charge in [-0.3, -0.25) is 0 Å². The van der Waals surface area contributed by atoms with Crippen LogP contribution in [-0.2, 0) is 4.74 Å². The molecule has 0 aromatic carbocycles. The summed E-state index contributed by atoms with van der Waals surface area (Å²) in [5, 5.41) is 0. The fourth-order valence-corrected chi connectivity index (χ4v) is 1.87. The normalized spacial score (nSPS) is 20.4. The number of rotatable bonds is 3. The Kier molecular flexibility index (Phi) is 3.75. The van der Waals surface area contributed by atoms with E-state index in [1.54, 1.807) is 13.2 Å². The molecule has 6 heteroatoms. The minimum absolute atomic E-state index is 0.134. The average molecular weight is 238 g/mol. The molecule has 1 saturated heterocycles. The zero-order chi connectivity index (χ0) is 12.3. The van der Waals surface area contributed by atoms with Crippen molar-refractivity contribution in [3.63, 3.8) is 0 Å². The number of hydrogen-bond donors (Lipinski definition) is 1. The van der Waals surface area contributed by atoms with Crippen LogP contribution < -0.4 is 15.4 Å². The Morgan fingerprint density at radius 2 is 2.41 bits per heavy atom. The molecule has 0 spiro atoms. The first-order valence-electron chi connectivity index (χ1n) is 5.68. The minimum Gasteiger partial charge on any atom is -0.481 e. The molecule has 0 radical (unpaired) electrons. The summed E-state index contributed by atoms with van der Waals surface area (Å²) < 4.78 is 10.6. The van der Waals surface area contributed by atoms with Crippen LogP contribution in [0.4, 0.5) is 5.95 Å². The highest BCUT2D eigenvalue weighted by Crippen LogP contribution is 2.18. The molecule has 94 valence electrons. The number of morpholine rings is 1. The van der Waals surface area contributed by atoms with Gasteiger partial charge in [-0.15, -0.1) is 0 Å².